The fourth-order valence-electron chi connectivity index (χ4n) is 4.91. The van der Waals surface area contributed by atoms with E-state index in [1.54, 1.807) is 19.0 Å². The van der Waals surface area contributed by atoms with Gasteiger partial charge < -0.3 is 14.7 Å². The summed E-state index contributed by atoms with van der Waals surface area (Å²) in [4.78, 5) is 44.0. The van der Waals surface area contributed by atoms with Gasteiger partial charge in [-0.25, -0.2) is 4.79 Å². The maximum Gasteiger partial charge on any atom is 0.319 e. The van der Waals surface area contributed by atoms with Crippen molar-refractivity contribution < 1.29 is 14.4 Å². The van der Waals surface area contributed by atoms with Crippen LogP contribution in [-0.4, -0.2) is 72.7 Å². The van der Waals surface area contributed by atoms with Crippen molar-refractivity contribution in [2.75, 3.05) is 40.3 Å². The van der Waals surface area contributed by atoms with Gasteiger partial charge in [0.05, 0.1) is 0 Å². The van der Waals surface area contributed by atoms with Crippen molar-refractivity contribution in [3.05, 3.63) is 48.0 Å². The number of benzene rings is 2. The highest BCUT2D eigenvalue weighted by atomic mass is 16.2. The molecule has 0 bridgehead atoms. The quantitative estimate of drug-likeness (QED) is 0.711. The highest BCUT2D eigenvalue weighted by Gasteiger charge is 2.34. The van der Waals surface area contributed by atoms with Crippen molar-refractivity contribution in [3.63, 3.8) is 0 Å². The molecular formula is C25H31N3O3. The molecule has 2 heterocycles. The van der Waals surface area contributed by atoms with Crippen LogP contribution in [0.2, 0.25) is 0 Å². The Morgan fingerprint density at radius 2 is 1.55 bits per heavy atom. The van der Waals surface area contributed by atoms with E-state index in [4.69, 9.17) is 0 Å². The van der Waals surface area contributed by atoms with E-state index in [9.17, 15) is 14.4 Å². The Morgan fingerprint density at radius 1 is 0.839 bits per heavy atom. The van der Waals surface area contributed by atoms with E-state index in [2.05, 4.69) is 0 Å². The Labute approximate surface area is 183 Å². The van der Waals surface area contributed by atoms with Crippen molar-refractivity contribution >= 4 is 28.5 Å². The maximum absolute atomic E-state index is 13.4. The van der Waals surface area contributed by atoms with Gasteiger partial charge in [0.15, 0.2) is 5.78 Å². The van der Waals surface area contributed by atoms with Crippen LogP contribution < -0.4 is 0 Å². The van der Waals surface area contributed by atoms with Crippen LogP contribution in [0, 0.1) is 11.8 Å². The minimum absolute atomic E-state index is 0.00428. The summed E-state index contributed by atoms with van der Waals surface area (Å²) in [5.41, 5.74) is 0.757. The fraction of sp³-hybridized carbons (Fsp3) is 0.480. The first kappa shape index (κ1) is 21.3. The van der Waals surface area contributed by atoms with Crippen LogP contribution in [-0.2, 0) is 4.79 Å². The molecule has 2 aromatic carbocycles. The standard InChI is InChI=1S/C25H31N3O3/c1-26(2)25(31)27-15-12-19(13-16-27)24(30)28-14-6-9-20(17-28)23(29)22-11-5-8-18-7-3-4-10-21(18)22/h3-5,7-8,10-11,19-20H,6,9,12-17H2,1-2H3/t20-/m1/s1. The number of likely N-dealkylation sites (tertiary alicyclic amines) is 2. The first-order chi connectivity index (χ1) is 15.0. The number of piperidine rings is 2. The molecule has 2 aliphatic rings. The Morgan fingerprint density at radius 3 is 2.29 bits per heavy atom. The molecule has 2 fully saturated rings. The number of hydrogen-bond acceptors (Lipinski definition) is 3. The second kappa shape index (κ2) is 9.08. The Bertz CT molecular complexity index is 974. The maximum atomic E-state index is 13.4. The van der Waals surface area contributed by atoms with Crippen molar-refractivity contribution in [2.45, 2.75) is 25.7 Å². The van der Waals surface area contributed by atoms with E-state index in [1.165, 1.54) is 0 Å². The normalized spacial score (nSPS) is 20.0. The van der Waals surface area contributed by atoms with Gasteiger partial charge in [0.2, 0.25) is 5.91 Å². The summed E-state index contributed by atoms with van der Waals surface area (Å²) in [6.07, 6.45) is 3.06. The Kier molecular flexibility index (Phi) is 6.25. The summed E-state index contributed by atoms with van der Waals surface area (Å²) >= 11 is 0. The van der Waals surface area contributed by atoms with Gasteiger partial charge in [-0.3, -0.25) is 9.59 Å². The number of nitrogens with zero attached hydrogens (tertiary/aromatic N) is 3. The van der Waals surface area contributed by atoms with Gasteiger partial charge in [0, 0.05) is 57.7 Å². The molecule has 2 saturated heterocycles. The lowest BCUT2D eigenvalue weighted by molar-refractivity contribution is -0.138. The second-order valence-electron chi connectivity index (χ2n) is 8.95. The number of Topliss-reactive ketones (excluding diaryl/α,β-unsaturated/α-hetero) is 1. The van der Waals surface area contributed by atoms with Gasteiger partial charge in [0.1, 0.15) is 0 Å². The predicted molar refractivity (Wildman–Crippen MR) is 121 cm³/mol. The molecule has 6 nitrogen and oxygen atoms in total. The van der Waals surface area contributed by atoms with Crippen molar-refractivity contribution in [1.82, 2.24) is 14.7 Å². The zero-order chi connectivity index (χ0) is 22.0. The van der Waals surface area contributed by atoms with Crippen LogP contribution in [0.1, 0.15) is 36.0 Å². The molecule has 31 heavy (non-hydrogen) atoms. The second-order valence-corrected chi connectivity index (χ2v) is 8.95. The smallest absolute Gasteiger partial charge is 0.319 e. The van der Waals surface area contributed by atoms with E-state index in [0.717, 1.165) is 35.7 Å². The number of carbonyl (C=O) groups is 3. The number of rotatable bonds is 3. The van der Waals surface area contributed by atoms with Crippen LogP contribution in [0.3, 0.4) is 0 Å². The minimum Gasteiger partial charge on any atom is -0.342 e. The molecule has 0 spiro atoms. The molecule has 0 N–H and O–H groups in total. The average Bonchev–Trinajstić information content (AvgIpc) is 2.82. The lowest BCUT2D eigenvalue weighted by atomic mass is 9.87. The molecule has 4 rings (SSSR count). The first-order valence-electron chi connectivity index (χ1n) is 11.2. The number of urea groups is 1. The third-order valence-electron chi connectivity index (χ3n) is 6.66. The van der Waals surface area contributed by atoms with Gasteiger partial charge >= 0.3 is 6.03 Å². The topological polar surface area (TPSA) is 60.9 Å². The summed E-state index contributed by atoms with van der Waals surface area (Å²) in [6.45, 7) is 2.44. The van der Waals surface area contributed by atoms with Crippen LogP contribution in [0.15, 0.2) is 42.5 Å². The summed E-state index contributed by atoms with van der Waals surface area (Å²) in [7, 11) is 3.50. The van der Waals surface area contributed by atoms with Gasteiger partial charge in [0.25, 0.3) is 0 Å². The van der Waals surface area contributed by atoms with E-state index in [0.29, 0.717) is 32.5 Å². The lowest BCUT2D eigenvalue weighted by Gasteiger charge is -2.38. The van der Waals surface area contributed by atoms with Gasteiger partial charge in [-0.15, -0.1) is 0 Å². The first-order valence-corrected chi connectivity index (χ1v) is 11.2. The van der Waals surface area contributed by atoms with E-state index >= 15 is 0 Å². The van der Waals surface area contributed by atoms with Crippen molar-refractivity contribution in [2.24, 2.45) is 11.8 Å². The molecule has 3 amide bonds. The number of fused-ring (bicyclic) bond motifs is 1. The molecule has 0 unspecified atom stereocenters. The predicted octanol–water partition coefficient (Wildman–Crippen LogP) is 3.65. The average molecular weight is 422 g/mol. The van der Waals surface area contributed by atoms with Crippen LogP contribution >= 0.6 is 0 Å². The van der Waals surface area contributed by atoms with E-state index < -0.39 is 0 Å². The molecule has 0 saturated carbocycles. The van der Waals surface area contributed by atoms with E-state index in [1.807, 2.05) is 52.3 Å². The van der Waals surface area contributed by atoms with Gasteiger partial charge in [-0.2, -0.15) is 0 Å². The summed E-state index contributed by atoms with van der Waals surface area (Å²) in [5.74, 6) is 0.0737. The van der Waals surface area contributed by atoms with Crippen LogP contribution in [0.4, 0.5) is 4.79 Å². The summed E-state index contributed by atoms with van der Waals surface area (Å²) in [6, 6.07) is 13.8. The largest absolute Gasteiger partial charge is 0.342 e. The van der Waals surface area contributed by atoms with Crippen LogP contribution in [0.5, 0.6) is 0 Å². The third kappa shape index (κ3) is 4.43. The van der Waals surface area contributed by atoms with Gasteiger partial charge in [-0.1, -0.05) is 42.5 Å². The van der Waals surface area contributed by atoms with Crippen LogP contribution in [0.25, 0.3) is 10.8 Å². The minimum atomic E-state index is -0.154. The summed E-state index contributed by atoms with van der Waals surface area (Å²) in [5, 5.41) is 2.05. The fourth-order valence-corrected chi connectivity index (χ4v) is 4.91. The molecule has 6 heteroatoms. The molecule has 0 radical (unpaired) electrons. The van der Waals surface area contributed by atoms with Gasteiger partial charge in [-0.05, 0) is 36.5 Å². The van der Waals surface area contributed by atoms with Crippen molar-refractivity contribution in [3.8, 4) is 0 Å². The molecule has 0 aromatic heterocycles. The highest BCUT2D eigenvalue weighted by molar-refractivity contribution is 6.09. The molecule has 2 aliphatic heterocycles. The number of hydrogen-bond donors (Lipinski definition) is 0. The molecular weight excluding hydrogens is 390 g/mol. The monoisotopic (exact) mass is 421 g/mol. The third-order valence-corrected chi connectivity index (χ3v) is 6.66. The molecule has 0 aliphatic carbocycles. The number of carbonyl (C=O) groups excluding carboxylic acids is 3. The Hall–Kier alpha value is -2.89. The zero-order valence-electron chi connectivity index (χ0n) is 18.4. The molecule has 2 aromatic rings. The number of ketones is 1. The SMILES string of the molecule is CN(C)C(=O)N1CCC(C(=O)N2CCC[C@@H](C(=O)c3cccc4ccccc34)C2)CC1. The molecule has 164 valence electrons. The zero-order valence-corrected chi connectivity index (χ0v) is 18.4. The lowest BCUT2D eigenvalue weighted by Crippen LogP contribution is -2.49. The highest BCUT2D eigenvalue weighted by Crippen LogP contribution is 2.28. The van der Waals surface area contributed by atoms with E-state index in [-0.39, 0.29) is 29.6 Å². The van der Waals surface area contributed by atoms with Crippen molar-refractivity contribution in [1.29, 1.82) is 0 Å². The molecule has 1 atom stereocenters. The summed E-state index contributed by atoms with van der Waals surface area (Å²) < 4.78 is 0. The Balaban J connectivity index is 1.41. The number of amides is 3.